The number of allylic oxidation sites excluding steroid dienone is 2. The van der Waals surface area contributed by atoms with Crippen LogP contribution in [0.3, 0.4) is 0 Å². The van der Waals surface area contributed by atoms with Gasteiger partial charge in [0.25, 0.3) is 0 Å². The average Bonchev–Trinajstić information content (AvgIpc) is 3.10. The van der Waals surface area contributed by atoms with Gasteiger partial charge in [0, 0.05) is 12.5 Å². The monoisotopic (exact) mass is 220 g/mol. The summed E-state index contributed by atoms with van der Waals surface area (Å²) in [5.41, 5.74) is 0.625. The summed E-state index contributed by atoms with van der Waals surface area (Å²) in [5, 5.41) is 0. The van der Waals surface area contributed by atoms with E-state index in [0.29, 0.717) is 11.5 Å². The molecule has 0 amide bonds. The van der Waals surface area contributed by atoms with E-state index in [2.05, 4.69) is 12.2 Å². The predicted octanol–water partition coefficient (Wildman–Crippen LogP) is 3.94. The van der Waals surface area contributed by atoms with Gasteiger partial charge in [0.05, 0.1) is 6.10 Å². The van der Waals surface area contributed by atoms with Gasteiger partial charge in [-0.2, -0.15) is 0 Å². The topological polar surface area (TPSA) is 9.23 Å². The average molecular weight is 220 g/mol. The number of hydrogen-bond donors (Lipinski definition) is 0. The molecule has 0 unspecified atom stereocenters. The third-order valence-electron chi connectivity index (χ3n) is 5.32. The molecule has 2 saturated carbocycles. The van der Waals surface area contributed by atoms with Crippen molar-refractivity contribution < 1.29 is 4.74 Å². The summed E-state index contributed by atoms with van der Waals surface area (Å²) in [4.78, 5) is 0. The molecular formula is C15H24O. The maximum Gasteiger partial charge on any atom is 0.0571 e. The van der Waals surface area contributed by atoms with E-state index in [4.69, 9.17) is 4.74 Å². The van der Waals surface area contributed by atoms with E-state index in [-0.39, 0.29) is 0 Å². The molecule has 2 fully saturated rings. The minimum Gasteiger partial charge on any atom is -0.381 e. The zero-order valence-corrected chi connectivity index (χ0v) is 10.5. The van der Waals surface area contributed by atoms with Gasteiger partial charge >= 0.3 is 0 Å². The fourth-order valence-corrected chi connectivity index (χ4v) is 3.90. The number of rotatable bonds is 2. The van der Waals surface area contributed by atoms with Gasteiger partial charge in [-0.05, 0) is 63.2 Å². The Bertz CT molecular complexity index is 257. The Morgan fingerprint density at radius 2 is 1.44 bits per heavy atom. The molecule has 0 radical (unpaired) electrons. The van der Waals surface area contributed by atoms with E-state index in [1.807, 2.05) is 7.11 Å². The Kier molecular flexibility index (Phi) is 2.83. The van der Waals surface area contributed by atoms with E-state index in [1.165, 1.54) is 51.4 Å². The fourth-order valence-electron chi connectivity index (χ4n) is 3.90. The summed E-state index contributed by atoms with van der Waals surface area (Å²) in [6.07, 6.45) is 16.7. The molecule has 0 aromatic carbocycles. The molecule has 0 saturated heterocycles. The Morgan fingerprint density at radius 3 is 1.94 bits per heavy atom. The predicted molar refractivity (Wildman–Crippen MR) is 66.3 cm³/mol. The van der Waals surface area contributed by atoms with Crippen LogP contribution in [0.1, 0.15) is 51.4 Å². The first-order chi connectivity index (χ1) is 7.81. The van der Waals surface area contributed by atoms with Crippen LogP contribution in [-0.4, -0.2) is 13.2 Å². The summed E-state index contributed by atoms with van der Waals surface area (Å²) in [6.45, 7) is 0. The molecule has 3 aliphatic rings. The summed E-state index contributed by atoms with van der Waals surface area (Å²) >= 11 is 0. The van der Waals surface area contributed by atoms with Crippen molar-refractivity contribution in [1.29, 1.82) is 0 Å². The molecule has 3 aliphatic carbocycles. The third-order valence-corrected chi connectivity index (χ3v) is 5.32. The lowest BCUT2D eigenvalue weighted by Gasteiger charge is -2.37. The minimum absolute atomic E-state index is 0.566. The van der Waals surface area contributed by atoms with Crippen molar-refractivity contribution in [3.63, 3.8) is 0 Å². The first-order valence-corrected chi connectivity index (χ1v) is 7.04. The first kappa shape index (κ1) is 10.8. The van der Waals surface area contributed by atoms with E-state index >= 15 is 0 Å². The first-order valence-electron chi connectivity index (χ1n) is 7.04. The zero-order chi connectivity index (χ0) is 11.0. The minimum atomic E-state index is 0.566. The van der Waals surface area contributed by atoms with Crippen LogP contribution >= 0.6 is 0 Å². The van der Waals surface area contributed by atoms with Gasteiger partial charge in [-0.25, -0.2) is 0 Å². The maximum absolute atomic E-state index is 5.46. The van der Waals surface area contributed by atoms with Crippen LogP contribution < -0.4 is 0 Å². The Hall–Kier alpha value is -0.300. The molecule has 0 atom stereocenters. The smallest absolute Gasteiger partial charge is 0.0571 e. The molecule has 1 spiro atoms. The highest BCUT2D eigenvalue weighted by Crippen LogP contribution is 2.52. The number of methoxy groups -OCH3 is 1. The SMILES string of the molecule is COC1CCC(C2CCC3(C=C3)CC2)CC1. The third kappa shape index (κ3) is 2.07. The van der Waals surface area contributed by atoms with Crippen LogP contribution in [0, 0.1) is 17.3 Å². The lowest BCUT2D eigenvalue weighted by Crippen LogP contribution is -2.28. The van der Waals surface area contributed by atoms with E-state index < -0.39 is 0 Å². The van der Waals surface area contributed by atoms with Gasteiger partial charge in [-0.1, -0.05) is 12.2 Å². The lowest BCUT2D eigenvalue weighted by atomic mass is 9.69. The van der Waals surface area contributed by atoms with Crippen LogP contribution in [0.25, 0.3) is 0 Å². The molecule has 0 bridgehead atoms. The summed E-state index contributed by atoms with van der Waals surface area (Å²) in [7, 11) is 1.87. The van der Waals surface area contributed by atoms with E-state index in [9.17, 15) is 0 Å². The van der Waals surface area contributed by atoms with E-state index in [1.54, 1.807) is 0 Å². The summed E-state index contributed by atoms with van der Waals surface area (Å²) < 4.78 is 5.46. The highest BCUT2D eigenvalue weighted by atomic mass is 16.5. The van der Waals surface area contributed by atoms with Crippen molar-refractivity contribution in [3.05, 3.63) is 12.2 Å². The van der Waals surface area contributed by atoms with Gasteiger partial charge < -0.3 is 4.74 Å². The molecule has 0 aromatic heterocycles. The summed E-state index contributed by atoms with van der Waals surface area (Å²) in [5.74, 6) is 2.05. The van der Waals surface area contributed by atoms with Gasteiger partial charge in [0.2, 0.25) is 0 Å². The second kappa shape index (κ2) is 4.18. The van der Waals surface area contributed by atoms with Crippen molar-refractivity contribution >= 4 is 0 Å². The van der Waals surface area contributed by atoms with Crippen molar-refractivity contribution in [3.8, 4) is 0 Å². The van der Waals surface area contributed by atoms with Crippen LogP contribution in [0.5, 0.6) is 0 Å². The second-order valence-electron chi connectivity index (χ2n) is 6.18. The quantitative estimate of drug-likeness (QED) is 0.640. The van der Waals surface area contributed by atoms with Gasteiger partial charge in [-0.15, -0.1) is 0 Å². The lowest BCUT2D eigenvalue weighted by molar-refractivity contribution is 0.0394. The molecule has 3 rings (SSSR count). The summed E-state index contributed by atoms with van der Waals surface area (Å²) in [6, 6.07) is 0. The van der Waals surface area contributed by atoms with Crippen molar-refractivity contribution in [2.75, 3.05) is 7.11 Å². The molecular weight excluding hydrogens is 196 g/mol. The Balaban J connectivity index is 1.47. The number of ether oxygens (including phenoxy) is 1. The molecule has 1 nitrogen and oxygen atoms in total. The highest BCUT2D eigenvalue weighted by Gasteiger charge is 2.40. The standard InChI is InChI=1S/C15H24O/c1-16-14-4-2-12(3-5-14)13-6-8-15(9-7-13)10-11-15/h10-14H,2-9H2,1H3. The largest absolute Gasteiger partial charge is 0.381 e. The van der Waals surface area contributed by atoms with Gasteiger partial charge in [0.1, 0.15) is 0 Å². The fraction of sp³-hybridized carbons (Fsp3) is 0.867. The molecule has 90 valence electrons. The Morgan fingerprint density at radius 1 is 0.875 bits per heavy atom. The second-order valence-corrected chi connectivity index (χ2v) is 6.18. The molecule has 0 aromatic rings. The molecule has 0 heterocycles. The Labute approximate surface area is 99.3 Å². The normalized spacial score (nSPS) is 37.8. The maximum atomic E-state index is 5.46. The molecule has 1 heteroatoms. The van der Waals surface area contributed by atoms with Crippen LogP contribution in [0.4, 0.5) is 0 Å². The highest BCUT2D eigenvalue weighted by molar-refractivity contribution is 5.26. The molecule has 0 aliphatic heterocycles. The van der Waals surface area contributed by atoms with Gasteiger partial charge in [0.15, 0.2) is 0 Å². The van der Waals surface area contributed by atoms with Crippen LogP contribution in [-0.2, 0) is 4.74 Å². The van der Waals surface area contributed by atoms with Crippen LogP contribution in [0.2, 0.25) is 0 Å². The van der Waals surface area contributed by atoms with Gasteiger partial charge in [-0.3, -0.25) is 0 Å². The van der Waals surface area contributed by atoms with Crippen molar-refractivity contribution in [1.82, 2.24) is 0 Å². The van der Waals surface area contributed by atoms with E-state index in [0.717, 1.165) is 11.8 Å². The van der Waals surface area contributed by atoms with Crippen molar-refractivity contribution in [2.45, 2.75) is 57.5 Å². The number of hydrogen-bond acceptors (Lipinski definition) is 1. The molecule has 0 N–H and O–H groups in total. The zero-order valence-electron chi connectivity index (χ0n) is 10.5. The van der Waals surface area contributed by atoms with Crippen molar-refractivity contribution in [2.24, 2.45) is 17.3 Å². The molecule has 16 heavy (non-hydrogen) atoms. The van der Waals surface area contributed by atoms with Crippen LogP contribution in [0.15, 0.2) is 12.2 Å².